The minimum atomic E-state index is -1.08. The van der Waals surface area contributed by atoms with Gasteiger partial charge >= 0.3 is 5.97 Å². The van der Waals surface area contributed by atoms with E-state index in [1.807, 2.05) is 0 Å². The third kappa shape index (κ3) is 4.95. The Labute approximate surface area is 169 Å². The zero-order chi connectivity index (χ0) is 20.8. The monoisotopic (exact) mass is 453 g/mol. The number of anilines is 1. The van der Waals surface area contributed by atoms with Gasteiger partial charge in [-0.1, -0.05) is 0 Å². The first-order valence-corrected chi connectivity index (χ1v) is 9.02. The number of rotatable bonds is 7. The summed E-state index contributed by atoms with van der Waals surface area (Å²) in [6.45, 7) is 1.62. The number of benzene rings is 2. The highest BCUT2D eigenvalue weighted by molar-refractivity contribution is 9.10. The van der Waals surface area contributed by atoms with E-state index in [1.54, 1.807) is 38.2 Å². The van der Waals surface area contributed by atoms with Crippen molar-refractivity contribution in [2.45, 2.75) is 6.92 Å². The molecule has 0 aliphatic carbocycles. The molecule has 0 fully saturated rings. The first-order chi connectivity index (χ1) is 13.3. The molecular formula is C20H18BrF2NO4. The standard InChI is InChI=1S/C20H18BrF2NO4/c1-4-28-20(26)15(11-24(2)12-5-7-13(27-3)8-6-12)19(25)14-9-16(21)18(23)10-17(14)22/h5-11H,4H2,1-3H3. The molecule has 0 aliphatic heterocycles. The zero-order valence-electron chi connectivity index (χ0n) is 15.5. The fourth-order valence-electron chi connectivity index (χ4n) is 2.34. The summed E-state index contributed by atoms with van der Waals surface area (Å²) in [6.07, 6.45) is 1.25. The van der Waals surface area contributed by atoms with Crippen molar-refractivity contribution in [3.05, 3.63) is 69.8 Å². The van der Waals surface area contributed by atoms with Crippen molar-refractivity contribution in [1.29, 1.82) is 0 Å². The maximum atomic E-state index is 14.1. The molecule has 0 unspecified atom stereocenters. The van der Waals surface area contributed by atoms with E-state index < -0.39 is 34.5 Å². The Balaban J connectivity index is 2.46. The van der Waals surface area contributed by atoms with Crippen LogP contribution in [0.3, 0.4) is 0 Å². The van der Waals surface area contributed by atoms with E-state index in [-0.39, 0.29) is 11.1 Å². The van der Waals surface area contributed by atoms with Crippen molar-refractivity contribution in [2.24, 2.45) is 0 Å². The molecule has 0 N–H and O–H groups in total. The molecule has 0 bridgehead atoms. The number of hydrogen-bond donors (Lipinski definition) is 0. The molecule has 2 aromatic carbocycles. The van der Waals surface area contributed by atoms with Crippen molar-refractivity contribution in [3.63, 3.8) is 0 Å². The zero-order valence-corrected chi connectivity index (χ0v) is 17.0. The number of halogens is 3. The molecule has 0 spiro atoms. The molecule has 0 radical (unpaired) electrons. The minimum absolute atomic E-state index is 0.0330. The Hall–Kier alpha value is -2.74. The van der Waals surface area contributed by atoms with Crippen molar-refractivity contribution >= 4 is 33.4 Å². The normalized spacial score (nSPS) is 11.1. The van der Waals surface area contributed by atoms with Crippen molar-refractivity contribution in [1.82, 2.24) is 0 Å². The van der Waals surface area contributed by atoms with Crippen LogP contribution in [0.15, 0.2) is 52.6 Å². The molecule has 5 nitrogen and oxygen atoms in total. The Morgan fingerprint density at radius 1 is 1.14 bits per heavy atom. The second-order valence-electron chi connectivity index (χ2n) is 5.65. The van der Waals surface area contributed by atoms with Gasteiger partial charge in [-0.3, -0.25) is 4.79 Å². The lowest BCUT2D eigenvalue weighted by molar-refractivity contribution is -0.138. The van der Waals surface area contributed by atoms with Crippen LogP contribution in [-0.4, -0.2) is 32.5 Å². The molecule has 28 heavy (non-hydrogen) atoms. The van der Waals surface area contributed by atoms with Gasteiger partial charge in [0, 0.05) is 25.0 Å². The van der Waals surface area contributed by atoms with Crippen LogP contribution in [0.1, 0.15) is 17.3 Å². The Morgan fingerprint density at radius 3 is 2.36 bits per heavy atom. The number of methoxy groups -OCH3 is 1. The summed E-state index contributed by atoms with van der Waals surface area (Å²) in [7, 11) is 3.15. The van der Waals surface area contributed by atoms with E-state index in [1.165, 1.54) is 18.2 Å². The molecule has 148 valence electrons. The predicted molar refractivity (Wildman–Crippen MR) is 105 cm³/mol. The number of esters is 1. The van der Waals surface area contributed by atoms with Gasteiger partial charge in [0.05, 0.1) is 23.8 Å². The van der Waals surface area contributed by atoms with E-state index in [9.17, 15) is 18.4 Å². The first kappa shape index (κ1) is 21.6. The lowest BCUT2D eigenvalue weighted by atomic mass is 10.0. The minimum Gasteiger partial charge on any atom is -0.497 e. The summed E-state index contributed by atoms with van der Waals surface area (Å²) in [5.41, 5.74) is -0.190. The van der Waals surface area contributed by atoms with Gasteiger partial charge in [-0.2, -0.15) is 0 Å². The highest BCUT2D eigenvalue weighted by Gasteiger charge is 2.26. The van der Waals surface area contributed by atoms with Gasteiger partial charge < -0.3 is 14.4 Å². The summed E-state index contributed by atoms with van der Waals surface area (Å²) in [6, 6.07) is 8.43. The maximum absolute atomic E-state index is 14.1. The summed E-state index contributed by atoms with van der Waals surface area (Å²) in [5.74, 6) is -3.12. The fraction of sp³-hybridized carbons (Fsp3) is 0.200. The molecule has 8 heteroatoms. The number of nitrogens with zero attached hydrogens (tertiary/aromatic N) is 1. The molecule has 0 amide bonds. The predicted octanol–water partition coefficient (Wildman–Crippen LogP) is 4.50. The third-order valence-corrected chi connectivity index (χ3v) is 4.40. The fourth-order valence-corrected chi connectivity index (χ4v) is 2.68. The molecule has 2 rings (SSSR count). The van der Waals surface area contributed by atoms with Crippen LogP contribution in [0.5, 0.6) is 5.75 Å². The summed E-state index contributed by atoms with van der Waals surface area (Å²) >= 11 is 2.91. The van der Waals surface area contributed by atoms with E-state index in [0.717, 1.165) is 6.07 Å². The van der Waals surface area contributed by atoms with Gasteiger partial charge in [0.2, 0.25) is 5.78 Å². The van der Waals surface area contributed by atoms with Crippen LogP contribution >= 0.6 is 15.9 Å². The second kappa shape index (κ2) is 9.45. The van der Waals surface area contributed by atoms with Crippen molar-refractivity contribution < 1.29 is 27.8 Å². The van der Waals surface area contributed by atoms with E-state index in [0.29, 0.717) is 17.5 Å². The van der Waals surface area contributed by atoms with E-state index in [4.69, 9.17) is 9.47 Å². The first-order valence-electron chi connectivity index (χ1n) is 8.23. The van der Waals surface area contributed by atoms with Gasteiger partial charge in [0.25, 0.3) is 0 Å². The van der Waals surface area contributed by atoms with Crippen molar-refractivity contribution in [3.8, 4) is 5.75 Å². The van der Waals surface area contributed by atoms with Crippen LogP contribution in [-0.2, 0) is 9.53 Å². The smallest absolute Gasteiger partial charge is 0.343 e. The molecule has 2 aromatic rings. The van der Waals surface area contributed by atoms with Crippen molar-refractivity contribution in [2.75, 3.05) is 25.7 Å². The van der Waals surface area contributed by atoms with E-state index >= 15 is 0 Å². The molecule has 0 saturated carbocycles. The number of ether oxygens (including phenoxy) is 2. The van der Waals surface area contributed by atoms with Gasteiger partial charge in [-0.05, 0) is 53.2 Å². The quantitative estimate of drug-likeness (QED) is 0.154. The Bertz CT molecular complexity index is 913. The van der Waals surface area contributed by atoms with Crippen LogP contribution in [0.25, 0.3) is 0 Å². The highest BCUT2D eigenvalue weighted by Crippen LogP contribution is 2.24. The van der Waals surface area contributed by atoms with Crippen LogP contribution < -0.4 is 9.64 Å². The number of carbonyl (C=O) groups excluding carboxylic acids is 2. The molecule has 0 saturated heterocycles. The highest BCUT2D eigenvalue weighted by atomic mass is 79.9. The van der Waals surface area contributed by atoms with Gasteiger partial charge in [0.1, 0.15) is 23.0 Å². The van der Waals surface area contributed by atoms with Gasteiger partial charge in [0.15, 0.2) is 0 Å². The SMILES string of the molecule is CCOC(=O)C(=CN(C)c1ccc(OC)cc1)C(=O)c1cc(Br)c(F)cc1F. The number of carbonyl (C=O) groups is 2. The number of ketones is 1. The molecule has 0 aromatic heterocycles. The molecular weight excluding hydrogens is 436 g/mol. The lowest BCUT2D eigenvalue weighted by Gasteiger charge is -2.17. The molecule has 0 aliphatic rings. The van der Waals surface area contributed by atoms with Crippen LogP contribution in [0.4, 0.5) is 14.5 Å². The third-order valence-electron chi connectivity index (χ3n) is 3.80. The average molecular weight is 454 g/mol. The van der Waals surface area contributed by atoms with E-state index in [2.05, 4.69) is 15.9 Å². The molecule has 0 atom stereocenters. The average Bonchev–Trinajstić information content (AvgIpc) is 2.68. The lowest BCUT2D eigenvalue weighted by Crippen LogP contribution is -2.21. The number of hydrogen-bond acceptors (Lipinski definition) is 5. The Morgan fingerprint density at radius 2 is 1.79 bits per heavy atom. The van der Waals surface area contributed by atoms with Crippen LogP contribution in [0.2, 0.25) is 0 Å². The van der Waals surface area contributed by atoms with Crippen LogP contribution in [0, 0.1) is 11.6 Å². The topological polar surface area (TPSA) is 55.8 Å². The second-order valence-corrected chi connectivity index (χ2v) is 6.50. The maximum Gasteiger partial charge on any atom is 0.343 e. The summed E-state index contributed by atoms with van der Waals surface area (Å²) in [5, 5.41) is 0. The molecule has 0 heterocycles. The Kier molecular flexibility index (Phi) is 7.28. The van der Waals surface area contributed by atoms with Gasteiger partial charge in [-0.15, -0.1) is 0 Å². The van der Waals surface area contributed by atoms with Gasteiger partial charge in [-0.25, -0.2) is 13.6 Å². The summed E-state index contributed by atoms with van der Waals surface area (Å²) in [4.78, 5) is 26.6. The summed E-state index contributed by atoms with van der Waals surface area (Å²) < 4.78 is 37.5. The number of Topliss-reactive ketones (excluding diaryl/α,β-unsaturated/α-hetero) is 1. The largest absolute Gasteiger partial charge is 0.497 e.